The molecular formula is C20H20F2N2O3. The van der Waals surface area contributed by atoms with Crippen molar-refractivity contribution < 1.29 is 23.1 Å². The summed E-state index contributed by atoms with van der Waals surface area (Å²) in [4.78, 5) is 26.4. The van der Waals surface area contributed by atoms with Crippen molar-refractivity contribution >= 4 is 17.5 Å². The van der Waals surface area contributed by atoms with Gasteiger partial charge in [-0.2, -0.15) is 8.78 Å². The molecule has 27 heavy (non-hydrogen) atoms. The topological polar surface area (TPSA) is 58.6 Å². The van der Waals surface area contributed by atoms with Gasteiger partial charge in [-0.3, -0.25) is 9.59 Å². The van der Waals surface area contributed by atoms with E-state index < -0.39 is 6.61 Å². The fourth-order valence-electron chi connectivity index (χ4n) is 2.75. The molecule has 0 aliphatic heterocycles. The first-order valence-electron chi connectivity index (χ1n) is 8.64. The van der Waals surface area contributed by atoms with Gasteiger partial charge in [0.05, 0.1) is 11.3 Å². The fourth-order valence-corrected chi connectivity index (χ4v) is 2.75. The highest BCUT2D eigenvalue weighted by atomic mass is 19.3. The molecule has 2 aromatic carbocycles. The van der Waals surface area contributed by atoms with Gasteiger partial charge in [0.15, 0.2) is 0 Å². The maximum atomic E-state index is 12.6. The van der Waals surface area contributed by atoms with Gasteiger partial charge in [-0.15, -0.1) is 0 Å². The molecule has 0 spiro atoms. The van der Waals surface area contributed by atoms with Crippen LogP contribution < -0.4 is 15.0 Å². The normalized spacial score (nSPS) is 13.3. The fraction of sp³-hybridized carbons (Fsp3) is 0.300. The highest BCUT2D eigenvalue weighted by molar-refractivity contribution is 6.05. The second-order valence-electron chi connectivity index (χ2n) is 6.39. The van der Waals surface area contributed by atoms with Crippen LogP contribution in [0.25, 0.3) is 0 Å². The summed E-state index contributed by atoms with van der Waals surface area (Å²) in [5, 5.41) is 2.79. The number of carbonyl (C=O) groups is 2. The Balaban J connectivity index is 1.65. The van der Waals surface area contributed by atoms with E-state index in [1.807, 2.05) is 0 Å². The minimum atomic E-state index is -2.87. The number of nitrogens with zero attached hydrogens (tertiary/aromatic N) is 1. The van der Waals surface area contributed by atoms with E-state index in [1.54, 1.807) is 43.4 Å². The third-order valence-corrected chi connectivity index (χ3v) is 4.37. The average molecular weight is 374 g/mol. The van der Waals surface area contributed by atoms with Crippen molar-refractivity contribution in [3.63, 3.8) is 0 Å². The predicted molar refractivity (Wildman–Crippen MR) is 96.8 cm³/mol. The molecule has 0 radical (unpaired) electrons. The predicted octanol–water partition coefficient (Wildman–Crippen LogP) is 3.59. The number of anilines is 1. The van der Waals surface area contributed by atoms with E-state index >= 15 is 0 Å². The number of carbonyl (C=O) groups excluding carboxylic acids is 2. The Kier molecular flexibility index (Phi) is 5.69. The number of ether oxygens (including phenoxy) is 1. The van der Waals surface area contributed by atoms with Gasteiger partial charge >= 0.3 is 6.61 Å². The Morgan fingerprint density at radius 1 is 1.15 bits per heavy atom. The number of nitrogens with one attached hydrogen (secondary N) is 1. The Bertz CT molecular complexity index is 820. The van der Waals surface area contributed by atoms with Gasteiger partial charge in [0.1, 0.15) is 5.75 Å². The first kappa shape index (κ1) is 18.8. The van der Waals surface area contributed by atoms with Crippen LogP contribution in [0.1, 0.15) is 28.8 Å². The van der Waals surface area contributed by atoms with Crippen LogP contribution in [0.5, 0.6) is 5.75 Å². The van der Waals surface area contributed by atoms with Crippen LogP contribution in [0, 0.1) is 5.92 Å². The number of halogens is 2. The molecule has 1 fully saturated rings. The highest BCUT2D eigenvalue weighted by Gasteiger charge is 2.33. The Hall–Kier alpha value is -2.96. The number of amides is 2. The van der Waals surface area contributed by atoms with Crippen LogP contribution in [0.15, 0.2) is 48.5 Å². The standard InChI is InChI=1S/C20H20F2N2O3/c1-24(19(26)14-8-9-14)17-5-3-2-4-16(17)18(25)23-12-13-6-10-15(11-7-13)27-20(21)22/h2-7,10-11,14,20H,8-9,12H2,1H3,(H,23,25). The van der Waals surface area contributed by atoms with E-state index in [4.69, 9.17) is 0 Å². The molecule has 1 saturated carbocycles. The van der Waals surface area contributed by atoms with Crippen LogP contribution >= 0.6 is 0 Å². The molecule has 5 nitrogen and oxygen atoms in total. The molecule has 0 unspecified atom stereocenters. The maximum Gasteiger partial charge on any atom is 0.387 e. The van der Waals surface area contributed by atoms with Crippen LogP contribution in [0.3, 0.4) is 0 Å². The lowest BCUT2D eigenvalue weighted by Crippen LogP contribution is -2.31. The van der Waals surface area contributed by atoms with Crippen molar-refractivity contribution in [3.8, 4) is 5.75 Å². The smallest absolute Gasteiger partial charge is 0.387 e. The van der Waals surface area contributed by atoms with Crippen molar-refractivity contribution in [1.82, 2.24) is 5.32 Å². The molecule has 1 N–H and O–H groups in total. The van der Waals surface area contributed by atoms with E-state index in [9.17, 15) is 18.4 Å². The van der Waals surface area contributed by atoms with E-state index in [1.165, 1.54) is 17.0 Å². The number of hydrogen-bond donors (Lipinski definition) is 1. The molecule has 0 saturated heterocycles. The van der Waals surface area contributed by atoms with Crippen molar-refractivity contribution in [2.75, 3.05) is 11.9 Å². The first-order chi connectivity index (χ1) is 13.0. The molecule has 2 aromatic rings. The molecular weight excluding hydrogens is 354 g/mol. The van der Waals surface area contributed by atoms with Gasteiger partial charge in [-0.1, -0.05) is 24.3 Å². The minimum absolute atomic E-state index is 0.0184. The second kappa shape index (κ2) is 8.16. The third kappa shape index (κ3) is 4.81. The molecule has 0 bridgehead atoms. The lowest BCUT2D eigenvalue weighted by atomic mass is 10.1. The lowest BCUT2D eigenvalue weighted by molar-refractivity contribution is -0.119. The van der Waals surface area contributed by atoms with Crippen LogP contribution in [-0.4, -0.2) is 25.5 Å². The number of benzene rings is 2. The molecule has 2 amide bonds. The van der Waals surface area contributed by atoms with Crippen LogP contribution in [0.2, 0.25) is 0 Å². The molecule has 1 aliphatic carbocycles. The van der Waals surface area contributed by atoms with E-state index in [0.717, 1.165) is 18.4 Å². The number of alkyl halides is 2. The second-order valence-corrected chi connectivity index (χ2v) is 6.39. The molecule has 7 heteroatoms. The van der Waals surface area contributed by atoms with Gasteiger partial charge in [-0.05, 0) is 42.7 Å². The largest absolute Gasteiger partial charge is 0.435 e. The Labute approximate surface area is 155 Å². The summed E-state index contributed by atoms with van der Waals surface area (Å²) in [6, 6.07) is 13.0. The van der Waals surface area contributed by atoms with Crippen molar-refractivity contribution in [1.29, 1.82) is 0 Å². The number of para-hydroxylation sites is 1. The maximum absolute atomic E-state index is 12.6. The van der Waals surface area contributed by atoms with Crippen LogP contribution in [-0.2, 0) is 11.3 Å². The van der Waals surface area contributed by atoms with E-state index in [2.05, 4.69) is 10.1 Å². The van der Waals surface area contributed by atoms with Crippen LogP contribution in [0.4, 0.5) is 14.5 Å². The Morgan fingerprint density at radius 2 is 1.81 bits per heavy atom. The zero-order valence-corrected chi connectivity index (χ0v) is 14.8. The van der Waals surface area contributed by atoms with Gasteiger partial charge in [-0.25, -0.2) is 0 Å². The summed E-state index contributed by atoms with van der Waals surface area (Å²) in [5.74, 6) is -0.176. The van der Waals surface area contributed by atoms with Gasteiger partial charge in [0.2, 0.25) is 5.91 Å². The van der Waals surface area contributed by atoms with Crippen molar-refractivity contribution in [2.45, 2.75) is 26.0 Å². The van der Waals surface area contributed by atoms with E-state index in [0.29, 0.717) is 11.3 Å². The molecule has 0 atom stereocenters. The summed E-state index contributed by atoms with van der Waals surface area (Å²) < 4.78 is 28.6. The number of rotatable bonds is 7. The van der Waals surface area contributed by atoms with Crippen molar-refractivity contribution in [2.24, 2.45) is 5.92 Å². The quantitative estimate of drug-likeness (QED) is 0.806. The summed E-state index contributed by atoms with van der Waals surface area (Å²) in [6.07, 6.45) is 1.78. The molecule has 0 heterocycles. The minimum Gasteiger partial charge on any atom is -0.435 e. The van der Waals surface area contributed by atoms with Gasteiger partial charge in [0.25, 0.3) is 5.91 Å². The van der Waals surface area contributed by atoms with E-state index in [-0.39, 0.29) is 30.0 Å². The molecule has 142 valence electrons. The molecule has 1 aliphatic rings. The number of hydrogen-bond acceptors (Lipinski definition) is 3. The first-order valence-corrected chi connectivity index (χ1v) is 8.64. The summed E-state index contributed by atoms with van der Waals surface area (Å²) in [6.45, 7) is -2.65. The van der Waals surface area contributed by atoms with Gasteiger partial charge < -0.3 is 15.0 Å². The van der Waals surface area contributed by atoms with Gasteiger partial charge in [0, 0.05) is 19.5 Å². The summed E-state index contributed by atoms with van der Waals surface area (Å²) >= 11 is 0. The molecule has 0 aromatic heterocycles. The monoisotopic (exact) mass is 374 g/mol. The molecule has 3 rings (SSSR count). The third-order valence-electron chi connectivity index (χ3n) is 4.37. The summed E-state index contributed by atoms with van der Waals surface area (Å²) in [5.41, 5.74) is 1.71. The zero-order chi connectivity index (χ0) is 19.4. The lowest BCUT2D eigenvalue weighted by Gasteiger charge is -2.20. The highest BCUT2D eigenvalue weighted by Crippen LogP contribution is 2.33. The Morgan fingerprint density at radius 3 is 2.44 bits per heavy atom. The SMILES string of the molecule is CN(C(=O)C1CC1)c1ccccc1C(=O)NCc1ccc(OC(F)F)cc1. The zero-order valence-electron chi connectivity index (χ0n) is 14.8. The summed E-state index contributed by atoms with van der Waals surface area (Å²) in [7, 11) is 1.68. The van der Waals surface area contributed by atoms with Crippen molar-refractivity contribution in [3.05, 3.63) is 59.7 Å². The average Bonchev–Trinajstić information content (AvgIpc) is 3.51.